The number of carbonyl (C=O) groups is 1. The molecule has 0 rings (SSSR count). The molecule has 14 heavy (non-hydrogen) atoms. The Bertz CT molecular complexity index is 201. The molecule has 0 aliphatic carbocycles. The van der Waals surface area contributed by atoms with Crippen LogP contribution < -0.4 is 5.11 Å². The normalized spacial score (nSPS) is 11.1. The second kappa shape index (κ2) is 9.04. The summed E-state index contributed by atoms with van der Waals surface area (Å²) in [6, 6.07) is 0. The van der Waals surface area contributed by atoms with Crippen LogP contribution in [0.15, 0.2) is 11.5 Å². The largest absolute Gasteiger partial charge is 2.00 e. The molecule has 84 valence electrons. The molecule has 0 saturated heterocycles. The van der Waals surface area contributed by atoms with Gasteiger partial charge in [0.2, 0.25) is 0 Å². The van der Waals surface area contributed by atoms with E-state index in [1.165, 1.54) is 14.2 Å². The predicted molar refractivity (Wildman–Crippen MR) is 45.3 cm³/mol. The number of hydrogen-bond donors (Lipinski definition) is 0. The third-order valence-corrected chi connectivity index (χ3v) is 1.55. The van der Waals surface area contributed by atoms with Gasteiger partial charge in [-0.2, -0.15) is 13.3 Å². The van der Waals surface area contributed by atoms with Gasteiger partial charge in [-0.15, -0.1) is 0 Å². The zero-order valence-electron chi connectivity index (χ0n) is 8.44. The van der Waals surface area contributed by atoms with Gasteiger partial charge in [0.05, 0.1) is 18.6 Å². The summed E-state index contributed by atoms with van der Waals surface area (Å²) in [6.07, 6.45) is 2.88. The Morgan fingerprint density at radius 3 is 2.29 bits per heavy atom. The number of methoxy groups -OCH3 is 2. The summed E-state index contributed by atoms with van der Waals surface area (Å²) >= 11 is 0. The van der Waals surface area contributed by atoms with E-state index in [0.29, 0.717) is 12.8 Å². The van der Waals surface area contributed by atoms with Crippen LogP contribution in [0.5, 0.6) is 0 Å². The summed E-state index contributed by atoms with van der Waals surface area (Å²) in [5, 5.41) is 11.0. The van der Waals surface area contributed by atoms with E-state index in [1.807, 2.05) is 13.3 Å². The number of ether oxygens (including phenoxy) is 2. The standard InChI is InChI=1S/C9H15O4.Pd/c1-4-5-6-7(8(10)12-2)9(11)13-3;/h4,10H,5-6H2,1-3H3;/q-1;+2/p-1/b8-7-;. The number of carbonyl (C=O) groups excluding carboxylic acids is 1. The Kier molecular flexibility index (Phi) is 10.3. The minimum atomic E-state index is -0.617. The molecule has 0 fully saturated rings. The molecule has 0 heterocycles. The number of rotatable bonds is 5. The van der Waals surface area contributed by atoms with Crippen molar-refractivity contribution >= 4 is 5.97 Å². The van der Waals surface area contributed by atoms with Gasteiger partial charge in [0, 0.05) is 0 Å². The monoisotopic (exact) mass is 292 g/mol. The van der Waals surface area contributed by atoms with Crippen molar-refractivity contribution < 1.29 is 39.8 Å². The smallest absolute Gasteiger partial charge is 0.616 e. The maximum Gasteiger partial charge on any atom is 2.00 e. The third kappa shape index (κ3) is 5.26. The van der Waals surface area contributed by atoms with Gasteiger partial charge in [-0.05, 0) is 13.5 Å². The van der Waals surface area contributed by atoms with Crippen LogP contribution in [-0.2, 0) is 34.7 Å². The summed E-state index contributed by atoms with van der Waals surface area (Å²) in [4.78, 5) is 11.0. The first-order valence-corrected chi connectivity index (χ1v) is 3.97. The maximum absolute atomic E-state index is 11.0. The van der Waals surface area contributed by atoms with E-state index < -0.39 is 11.9 Å². The van der Waals surface area contributed by atoms with Crippen molar-refractivity contribution in [3.63, 3.8) is 0 Å². The zero-order valence-corrected chi connectivity index (χ0v) is 10.00. The van der Waals surface area contributed by atoms with Gasteiger partial charge in [-0.1, -0.05) is 0 Å². The molecule has 0 bridgehead atoms. The van der Waals surface area contributed by atoms with Crippen molar-refractivity contribution in [3.8, 4) is 0 Å². The quantitative estimate of drug-likeness (QED) is 0.242. The van der Waals surface area contributed by atoms with Crippen LogP contribution in [0.2, 0.25) is 0 Å². The average Bonchev–Trinajstić information content (AvgIpc) is 2.17. The molecule has 0 aromatic carbocycles. The van der Waals surface area contributed by atoms with Crippen molar-refractivity contribution in [3.05, 3.63) is 17.9 Å². The van der Waals surface area contributed by atoms with Gasteiger partial charge in [0.15, 0.2) is 0 Å². The Labute approximate surface area is 97.9 Å². The fourth-order valence-electron chi connectivity index (χ4n) is 0.823. The fourth-order valence-corrected chi connectivity index (χ4v) is 0.823. The van der Waals surface area contributed by atoms with Crippen LogP contribution in [0, 0.1) is 6.42 Å². The molecule has 0 aromatic rings. The van der Waals surface area contributed by atoms with E-state index in [1.54, 1.807) is 0 Å². The summed E-state index contributed by atoms with van der Waals surface area (Å²) in [5.41, 5.74) is 0.0584. The molecule has 0 atom stereocenters. The molecule has 0 amide bonds. The van der Waals surface area contributed by atoms with Crippen molar-refractivity contribution in [2.45, 2.75) is 19.8 Å². The van der Waals surface area contributed by atoms with Crippen LogP contribution in [0.25, 0.3) is 0 Å². The van der Waals surface area contributed by atoms with E-state index in [2.05, 4.69) is 9.47 Å². The van der Waals surface area contributed by atoms with Crippen LogP contribution in [0.3, 0.4) is 0 Å². The first-order valence-electron chi connectivity index (χ1n) is 3.97. The Balaban J connectivity index is 0. The zero-order chi connectivity index (χ0) is 10.3. The number of esters is 1. The van der Waals surface area contributed by atoms with Gasteiger partial charge in [0.1, 0.15) is 0 Å². The van der Waals surface area contributed by atoms with Crippen molar-refractivity contribution in [2.24, 2.45) is 0 Å². The molecule has 0 aliphatic rings. The number of hydrogen-bond acceptors (Lipinski definition) is 4. The van der Waals surface area contributed by atoms with Gasteiger partial charge < -0.3 is 21.0 Å². The minimum Gasteiger partial charge on any atom is -0.616 e. The van der Waals surface area contributed by atoms with E-state index >= 15 is 0 Å². The topological polar surface area (TPSA) is 58.6 Å². The molecule has 0 aliphatic heterocycles. The summed E-state index contributed by atoms with van der Waals surface area (Å²) < 4.78 is 8.88. The first kappa shape index (κ1) is 15.9. The van der Waals surface area contributed by atoms with Gasteiger partial charge >= 0.3 is 26.4 Å². The first-order chi connectivity index (χ1) is 6.17. The second-order valence-electron chi connectivity index (χ2n) is 2.41. The van der Waals surface area contributed by atoms with Crippen molar-refractivity contribution in [1.82, 2.24) is 0 Å². The molecule has 0 spiro atoms. The SMILES string of the molecule is C[CH-]CC/C(C(=O)OC)=C(\[O-])OC.[Pd+2]. The fraction of sp³-hybridized carbons (Fsp3) is 0.556. The third-order valence-electron chi connectivity index (χ3n) is 1.55. The molecule has 5 heteroatoms. The van der Waals surface area contributed by atoms with Gasteiger partial charge in [0.25, 0.3) is 0 Å². The van der Waals surface area contributed by atoms with E-state index in [4.69, 9.17) is 0 Å². The molecule has 0 saturated carbocycles. The molecule has 0 N–H and O–H groups in total. The molecule has 0 radical (unpaired) electrons. The van der Waals surface area contributed by atoms with Crippen LogP contribution in [0.4, 0.5) is 0 Å². The molecule has 4 nitrogen and oxygen atoms in total. The minimum absolute atomic E-state index is 0. The summed E-state index contributed by atoms with van der Waals surface area (Å²) in [6.45, 7) is 1.85. The molecule has 0 aromatic heterocycles. The maximum atomic E-state index is 11.0. The van der Waals surface area contributed by atoms with Crippen LogP contribution >= 0.6 is 0 Å². The average molecular weight is 293 g/mol. The Hall–Kier alpha value is -0.528. The Morgan fingerprint density at radius 2 is 1.93 bits per heavy atom. The molecular weight excluding hydrogens is 279 g/mol. The number of unbranched alkanes of at least 4 members (excludes halogenated alkanes) is 1. The second-order valence-corrected chi connectivity index (χ2v) is 2.41. The predicted octanol–water partition coefficient (Wildman–Crippen LogP) is 0.380. The van der Waals surface area contributed by atoms with Gasteiger partial charge in [-0.3, -0.25) is 0 Å². The van der Waals surface area contributed by atoms with Gasteiger partial charge in [-0.25, -0.2) is 4.79 Å². The van der Waals surface area contributed by atoms with E-state index in [0.717, 1.165) is 0 Å². The molecular formula is C9H14O4Pd. The summed E-state index contributed by atoms with van der Waals surface area (Å²) in [5.74, 6) is -1.23. The molecule has 0 unspecified atom stereocenters. The van der Waals surface area contributed by atoms with Crippen molar-refractivity contribution in [1.29, 1.82) is 0 Å². The summed E-state index contributed by atoms with van der Waals surface area (Å²) in [7, 11) is 2.47. The Morgan fingerprint density at radius 1 is 1.36 bits per heavy atom. The van der Waals surface area contributed by atoms with Crippen LogP contribution in [0.1, 0.15) is 19.8 Å². The van der Waals surface area contributed by atoms with E-state index in [9.17, 15) is 9.90 Å². The van der Waals surface area contributed by atoms with Crippen LogP contribution in [-0.4, -0.2) is 20.2 Å². The van der Waals surface area contributed by atoms with Crippen molar-refractivity contribution in [2.75, 3.05) is 14.2 Å². The van der Waals surface area contributed by atoms with E-state index in [-0.39, 0.29) is 26.0 Å².